The third-order valence-electron chi connectivity index (χ3n) is 4.27. The maximum atomic E-state index is 12.4. The Morgan fingerprint density at radius 3 is 2.60 bits per heavy atom. The Bertz CT molecular complexity index is 995. The van der Waals surface area contributed by atoms with Crippen LogP contribution in [0.1, 0.15) is 24.7 Å². The molecule has 2 N–H and O–H groups in total. The van der Waals surface area contributed by atoms with Crippen LogP contribution in [-0.4, -0.2) is 28.7 Å². The van der Waals surface area contributed by atoms with Crippen molar-refractivity contribution >= 4 is 26.7 Å². The van der Waals surface area contributed by atoms with Crippen molar-refractivity contribution in [2.45, 2.75) is 38.1 Å². The first kappa shape index (κ1) is 17.4. The lowest BCUT2D eigenvalue weighted by Crippen LogP contribution is -2.11. The number of anilines is 1. The van der Waals surface area contributed by atoms with Crippen molar-refractivity contribution < 1.29 is 8.42 Å². The van der Waals surface area contributed by atoms with Gasteiger partial charge in [0.05, 0.1) is 16.2 Å². The maximum absolute atomic E-state index is 12.4. The third kappa shape index (κ3) is 3.37. The van der Waals surface area contributed by atoms with Gasteiger partial charge in [-0.05, 0) is 31.0 Å². The molecule has 0 aliphatic heterocycles. The van der Waals surface area contributed by atoms with Crippen LogP contribution in [0.15, 0.2) is 41.4 Å². The summed E-state index contributed by atoms with van der Waals surface area (Å²) >= 11 is 0. The smallest absolute Gasteiger partial charge is 0.178 e. The third-order valence-corrected chi connectivity index (χ3v) is 6.09. The molecule has 0 saturated carbocycles. The van der Waals surface area contributed by atoms with E-state index in [1.165, 1.54) is 0 Å². The number of nitrogens with zero attached hydrogens (tertiary/aromatic N) is 3. The van der Waals surface area contributed by atoms with Gasteiger partial charge in [-0.2, -0.15) is 0 Å². The fourth-order valence-electron chi connectivity index (χ4n) is 3.04. The Labute approximate surface area is 147 Å². The number of fused-ring (bicyclic) bond motifs is 1. The molecule has 6 nitrogen and oxygen atoms in total. The van der Waals surface area contributed by atoms with Gasteiger partial charge >= 0.3 is 0 Å². The van der Waals surface area contributed by atoms with Crippen LogP contribution in [0.5, 0.6) is 0 Å². The summed E-state index contributed by atoms with van der Waals surface area (Å²) in [7, 11) is -3.28. The highest BCUT2D eigenvalue weighted by molar-refractivity contribution is 7.91. The van der Waals surface area contributed by atoms with Crippen LogP contribution in [0.25, 0.3) is 11.0 Å². The molecule has 0 radical (unpaired) electrons. The number of hydrogen-bond acceptors (Lipinski definition) is 5. The molecule has 0 aliphatic carbocycles. The topological polar surface area (TPSA) is 90.9 Å². The number of sulfone groups is 1. The lowest BCUT2D eigenvalue weighted by molar-refractivity contribution is 0.585. The van der Waals surface area contributed by atoms with Crippen LogP contribution in [0.2, 0.25) is 0 Å². The van der Waals surface area contributed by atoms with E-state index in [1.54, 1.807) is 30.5 Å². The zero-order chi connectivity index (χ0) is 18.0. The number of pyridine rings is 1. The Hall–Kier alpha value is -2.41. The number of nitrogens with two attached hydrogens (primary N) is 1. The van der Waals surface area contributed by atoms with Gasteiger partial charge in [-0.25, -0.2) is 18.4 Å². The van der Waals surface area contributed by atoms with Crippen LogP contribution in [-0.2, 0) is 22.8 Å². The number of imidazole rings is 1. The van der Waals surface area contributed by atoms with Crippen molar-refractivity contribution in [1.29, 1.82) is 0 Å². The van der Waals surface area contributed by atoms with Crippen molar-refractivity contribution in [2.24, 2.45) is 0 Å². The van der Waals surface area contributed by atoms with E-state index in [-0.39, 0.29) is 5.75 Å². The molecule has 1 aromatic carbocycles. The minimum absolute atomic E-state index is 0.0967. The Kier molecular flexibility index (Phi) is 4.76. The second kappa shape index (κ2) is 6.84. The second-order valence-electron chi connectivity index (χ2n) is 6.04. The lowest BCUT2D eigenvalue weighted by Gasteiger charge is -2.10. The zero-order valence-electron chi connectivity index (χ0n) is 14.4. The van der Waals surface area contributed by atoms with E-state index in [0.717, 1.165) is 23.3 Å². The number of aromatic nitrogens is 3. The number of hydrogen-bond donors (Lipinski definition) is 1. The normalized spacial score (nSPS) is 11.9. The molecule has 0 fully saturated rings. The highest BCUT2D eigenvalue weighted by Gasteiger charge is 2.17. The summed E-state index contributed by atoms with van der Waals surface area (Å²) < 4.78 is 27.0. The van der Waals surface area contributed by atoms with Gasteiger partial charge in [-0.3, -0.25) is 0 Å². The summed E-state index contributed by atoms with van der Waals surface area (Å²) in [6.45, 7) is 4.57. The highest BCUT2D eigenvalue weighted by Crippen LogP contribution is 2.24. The Balaban J connectivity index is 1.85. The molecular weight excluding hydrogens is 336 g/mol. The Morgan fingerprint density at radius 1 is 1.20 bits per heavy atom. The largest absolute Gasteiger partial charge is 0.382 e. The summed E-state index contributed by atoms with van der Waals surface area (Å²) in [4.78, 5) is 9.12. The molecule has 132 valence electrons. The molecule has 0 saturated heterocycles. The molecule has 0 atom stereocenters. The first-order valence-corrected chi connectivity index (χ1v) is 9.97. The van der Waals surface area contributed by atoms with Gasteiger partial charge < -0.3 is 10.3 Å². The molecular formula is C18H22N4O2S. The minimum atomic E-state index is -3.28. The molecule has 25 heavy (non-hydrogen) atoms. The maximum Gasteiger partial charge on any atom is 0.178 e. The van der Waals surface area contributed by atoms with Crippen molar-refractivity contribution in [2.75, 3.05) is 11.5 Å². The standard InChI is InChI=1S/C18H22N4O2S/c1-3-15-21-16-17(13(2)12-20-18(16)19)22(15)10-7-11-25(23,24)14-8-5-4-6-9-14/h4-6,8-9,12H,3,7,10-11H2,1-2H3,(H2,19,20). The van der Waals surface area contributed by atoms with E-state index in [4.69, 9.17) is 5.73 Å². The van der Waals surface area contributed by atoms with Gasteiger partial charge in [-0.1, -0.05) is 25.1 Å². The van der Waals surface area contributed by atoms with Gasteiger partial charge in [0.2, 0.25) is 0 Å². The van der Waals surface area contributed by atoms with Crippen molar-refractivity contribution in [3.8, 4) is 0 Å². The predicted octanol–water partition coefficient (Wildman–Crippen LogP) is 2.75. The zero-order valence-corrected chi connectivity index (χ0v) is 15.3. The van der Waals surface area contributed by atoms with Crippen LogP contribution in [0, 0.1) is 6.92 Å². The summed E-state index contributed by atoms with van der Waals surface area (Å²) in [6, 6.07) is 8.56. The number of nitrogen functional groups attached to an aromatic ring is 1. The summed E-state index contributed by atoms with van der Waals surface area (Å²) in [5.74, 6) is 1.40. The van der Waals surface area contributed by atoms with E-state index in [0.29, 0.717) is 29.2 Å². The van der Waals surface area contributed by atoms with E-state index in [1.807, 2.05) is 19.9 Å². The molecule has 7 heteroatoms. The molecule has 2 heterocycles. The molecule has 0 aliphatic rings. The van der Waals surface area contributed by atoms with E-state index in [2.05, 4.69) is 14.5 Å². The predicted molar refractivity (Wildman–Crippen MR) is 99.2 cm³/mol. The molecule has 0 amide bonds. The number of benzene rings is 1. The lowest BCUT2D eigenvalue weighted by atomic mass is 10.2. The quantitative estimate of drug-likeness (QED) is 0.731. The molecule has 3 aromatic rings. The molecule has 0 spiro atoms. The summed E-state index contributed by atoms with van der Waals surface area (Å²) in [6.07, 6.45) is 2.99. The average Bonchev–Trinajstić information content (AvgIpc) is 2.99. The average molecular weight is 358 g/mol. The molecule has 2 aromatic heterocycles. The van der Waals surface area contributed by atoms with Crippen molar-refractivity contribution in [1.82, 2.24) is 14.5 Å². The van der Waals surface area contributed by atoms with Crippen molar-refractivity contribution in [3.05, 3.63) is 47.9 Å². The van der Waals surface area contributed by atoms with E-state index >= 15 is 0 Å². The SMILES string of the molecule is CCc1nc2c(N)ncc(C)c2n1CCCS(=O)(=O)c1ccccc1. The van der Waals surface area contributed by atoms with Gasteiger partial charge in [0.1, 0.15) is 11.3 Å². The Morgan fingerprint density at radius 2 is 1.92 bits per heavy atom. The van der Waals surface area contributed by atoms with Gasteiger partial charge in [0.25, 0.3) is 0 Å². The number of rotatable bonds is 6. The first-order chi connectivity index (χ1) is 11.9. The highest BCUT2D eigenvalue weighted by atomic mass is 32.2. The van der Waals surface area contributed by atoms with E-state index < -0.39 is 9.84 Å². The molecule has 0 bridgehead atoms. The first-order valence-electron chi connectivity index (χ1n) is 8.32. The van der Waals surface area contributed by atoms with Gasteiger partial charge in [0, 0.05) is 19.2 Å². The summed E-state index contributed by atoms with van der Waals surface area (Å²) in [5, 5.41) is 0. The van der Waals surface area contributed by atoms with Gasteiger partial charge in [-0.15, -0.1) is 0 Å². The van der Waals surface area contributed by atoms with E-state index in [9.17, 15) is 8.42 Å². The van der Waals surface area contributed by atoms with Crippen LogP contribution >= 0.6 is 0 Å². The van der Waals surface area contributed by atoms with Crippen molar-refractivity contribution in [3.63, 3.8) is 0 Å². The summed E-state index contributed by atoms with van der Waals surface area (Å²) in [5.41, 5.74) is 8.58. The van der Waals surface area contributed by atoms with Crippen LogP contribution in [0.3, 0.4) is 0 Å². The fourth-order valence-corrected chi connectivity index (χ4v) is 4.35. The fraction of sp³-hybridized carbons (Fsp3) is 0.333. The number of aryl methyl sites for hydroxylation is 3. The van der Waals surface area contributed by atoms with Crippen LogP contribution < -0.4 is 5.73 Å². The second-order valence-corrected chi connectivity index (χ2v) is 8.15. The monoisotopic (exact) mass is 358 g/mol. The molecule has 0 unspecified atom stereocenters. The van der Waals surface area contributed by atoms with Crippen LogP contribution in [0.4, 0.5) is 5.82 Å². The minimum Gasteiger partial charge on any atom is -0.382 e. The molecule has 3 rings (SSSR count). The van der Waals surface area contributed by atoms with Gasteiger partial charge in [0.15, 0.2) is 15.7 Å².